The van der Waals surface area contributed by atoms with Crippen molar-refractivity contribution in [1.82, 2.24) is 0 Å². The molecule has 3 aromatic carbocycles. The van der Waals surface area contributed by atoms with Crippen LogP contribution in [0.5, 0.6) is 23.0 Å². The summed E-state index contributed by atoms with van der Waals surface area (Å²) in [5, 5.41) is 2.01. The van der Waals surface area contributed by atoms with Gasteiger partial charge in [0.1, 0.15) is 39.9 Å². The Morgan fingerprint density at radius 1 is 0.868 bits per heavy atom. The maximum atomic E-state index is 15.2. The van der Waals surface area contributed by atoms with Crippen molar-refractivity contribution in [3.63, 3.8) is 0 Å². The first-order valence-electron chi connectivity index (χ1n) is 10.0. The normalized spacial score (nSPS) is 11.6. The van der Waals surface area contributed by atoms with Gasteiger partial charge in [-0.25, -0.2) is 8.78 Å². The maximum absolute atomic E-state index is 15.2. The first kappa shape index (κ1) is 28.0. The zero-order chi connectivity index (χ0) is 28.4. The maximum Gasteiger partial charge on any atom is 0.573 e. The third kappa shape index (κ3) is 6.41. The Balaban J connectivity index is 2.08. The Labute approximate surface area is 207 Å². The summed E-state index contributed by atoms with van der Waals surface area (Å²) < 4.78 is 120. The molecule has 202 valence electrons. The third-order valence-corrected chi connectivity index (χ3v) is 4.70. The highest BCUT2D eigenvalue weighted by Gasteiger charge is 2.41. The number of primary amides is 1. The van der Waals surface area contributed by atoms with Crippen LogP contribution in [0.3, 0.4) is 0 Å². The molecule has 0 fully saturated rings. The summed E-state index contributed by atoms with van der Waals surface area (Å²) in [6.07, 6.45) is -10.3. The summed E-state index contributed by atoms with van der Waals surface area (Å²) in [5.74, 6) is -8.82. The number of carbonyl (C=O) groups is 2. The summed E-state index contributed by atoms with van der Waals surface area (Å²) in [7, 11) is 0.792. The zero-order valence-electron chi connectivity index (χ0n) is 18.8. The highest BCUT2D eigenvalue weighted by Crippen LogP contribution is 2.44. The minimum Gasteiger partial charge on any atom is -0.496 e. The topological polar surface area (TPSA) is 99.9 Å². The van der Waals surface area contributed by atoms with E-state index in [0.29, 0.717) is 6.07 Å². The molecule has 0 aromatic heterocycles. The van der Waals surface area contributed by atoms with Crippen LogP contribution in [0, 0.1) is 11.6 Å². The predicted molar refractivity (Wildman–Crippen MR) is 114 cm³/mol. The van der Waals surface area contributed by atoms with Crippen LogP contribution in [-0.2, 0) is 6.18 Å². The van der Waals surface area contributed by atoms with Crippen LogP contribution in [0.2, 0.25) is 0 Å². The van der Waals surface area contributed by atoms with Gasteiger partial charge in [-0.15, -0.1) is 13.2 Å². The molecule has 15 heteroatoms. The number of nitrogens with two attached hydrogens (primary N) is 1. The van der Waals surface area contributed by atoms with Crippen molar-refractivity contribution >= 4 is 17.5 Å². The van der Waals surface area contributed by atoms with E-state index >= 15 is 4.39 Å². The van der Waals surface area contributed by atoms with Gasteiger partial charge in [-0.1, -0.05) is 0 Å². The SMILES string of the molecule is COc1cc(Oc2ccc(OC(F)(F)F)cc2)c(C(=O)Nc2ccc(F)c(C(N)=O)c2)c(F)c1C(F)(F)F. The van der Waals surface area contributed by atoms with E-state index < -0.39 is 69.9 Å². The van der Waals surface area contributed by atoms with E-state index in [0.717, 1.165) is 49.6 Å². The van der Waals surface area contributed by atoms with Crippen LogP contribution in [0.1, 0.15) is 26.3 Å². The fourth-order valence-corrected chi connectivity index (χ4v) is 3.14. The number of benzene rings is 3. The third-order valence-electron chi connectivity index (χ3n) is 4.70. The first-order chi connectivity index (χ1) is 17.6. The van der Waals surface area contributed by atoms with Gasteiger partial charge in [0.2, 0.25) is 0 Å². The van der Waals surface area contributed by atoms with E-state index in [2.05, 4.69) is 9.47 Å². The lowest BCUT2D eigenvalue weighted by molar-refractivity contribution is -0.274. The molecule has 0 aliphatic carbocycles. The molecule has 7 nitrogen and oxygen atoms in total. The molecule has 3 rings (SSSR count). The number of carbonyl (C=O) groups excluding carboxylic acids is 2. The van der Waals surface area contributed by atoms with Crippen molar-refractivity contribution in [1.29, 1.82) is 0 Å². The number of alkyl halides is 6. The lowest BCUT2D eigenvalue weighted by atomic mass is 10.0. The molecule has 0 aliphatic heterocycles. The Morgan fingerprint density at radius 3 is 2.00 bits per heavy atom. The van der Waals surface area contributed by atoms with Gasteiger partial charge in [0.25, 0.3) is 11.8 Å². The highest BCUT2D eigenvalue weighted by molar-refractivity contribution is 6.07. The number of rotatable bonds is 7. The highest BCUT2D eigenvalue weighted by atomic mass is 19.4. The number of halogens is 8. The summed E-state index contributed by atoms with van der Waals surface area (Å²) in [6.45, 7) is 0. The molecule has 0 saturated carbocycles. The van der Waals surface area contributed by atoms with E-state index in [9.17, 15) is 40.3 Å². The van der Waals surface area contributed by atoms with Crippen LogP contribution >= 0.6 is 0 Å². The fraction of sp³-hybridized carbons (Fsp3) is 0.130. The molecule has 0 heterocycles. The molecular formula is C23H14F8N2O5. The van der Waals surface area contributed by atoms with Crippen molar-refractivity contribution in [3.05, 3.63) is 76.9 Å². The van der Waals surface area contributed by atoms with E-state index in [4.69, 9.17) is 10.5 Å². The van der Waals surface area contributed by atoms with Gasteiger partial charge in [0.05, 0.1) is 12.7 Å². The summed E-state index contributed by atoms with van der Waals surface area (Å²) in [6, 6.07) is 6.36. The van der Waals surface area contributed by atoms with Gasteiger partial charge >= 0.3 is 12.5 Å². The molecule has 2 amide bonds. The van der Waals surface area contributed by atoms with Crippen LogP contribution in [0.4, 0.5) is 40.8 Å². The molecule has 0 bridgehead atoms. The summed E-state index contributed by atoms with van der Waals surface area (Å²) in [4.78, 5) is 24.3. The number of amides is 2. The molecule has 38 heavy (non-hydrogen) atoms. The smallest absolute Gasteiger partial charge is 0.496 e. The average Bonchev–Trinajstić information content (AvgIpc) is 2.79. The van der Waals surface area contributed by atoms with Crippen molar-refractivity contribution < 1.29 is 58.9 Å². The van der Waals surface area contributed by atoms with Crippen LogP contribution in [-0.4, -0.2) is 25.3 Å². The van der Waals surface area contributed by atoms with Crippen molar-refractivity contribution in [2.24, 2.45) is 5.73 Å². The van der Waals surface area contributed by atoms with Gasteiger partial charge < -0.3 is 25.3 Å². The summed E-state index contributed by atoms with van der Waals surface area (Å²) >= 11 is 0. The minimum atomic E-state index is -5.34. The number of ether oxygens (including phenoxy) is 3. The molecular weight excluding hydrogens is 536 g/mol. The number of methoxy groups -OCH3 is 1. The molecule has 0 unspecified atom stereocenters. The summed E-state index contributed by atoms with van der Waals surface area (Å²) in [5.41, 5.74) is 0.760. The monoisotopic (exact) mass is 550 g/mol. The van der Waals surface area contributed by atoms with Crippen molar-refractivity contribution in [2.45, 2.75) is 12.5 Å². The molecule has 3 aromatic rings. The second kappa shape index (κ2) is 10.4. The van der Waals surface area contributed by atoms with Crippen LogP contribution < -0.4 is 25.3 Å². The number of nitrogens with one attached hydrogen (secondary N) is 1. The Hall–Kier alpha value is -4.56. The zero-order valence-corrected chi connectivity index (χ0v) is 18.8. The van der Waals surface area contributed by atoms with Gasteiger partial charge in [-0.05, 0) is 42.5 Å². The van der Waals surface area contributed by atoms with E-state index in [1.165, 1.54) is 0 Å². The van der Waals surface area contributed by atoms with Crippen molar-refractivity contribution in [3.8, 4) is 23.0 Å². The average molecular weight is 550 g/mol. The van der Waals surface area contributed by atoms with Gasteiger partial charge in [-0.2, -0.15) is 13.2 Å². The number of hydrogen-bond acceptors (Lipinski definition) is 5. The van der Waals surface area contributed by atoms with Gasteiger partial charge in [0.15, 0.2) is 5.82 Å². The van der Waals surface area contributed by atoms with Gasteiger partial charge in [-0.3, -0.25) is 9.59 Å². The number of hydrogen-bond donors (Lipinski definition) is 2. The van der Waals surface area contributed by atoms with Crippen LogP contribution in [0.15, 0.2) is 48.5 Å². The fourth-order valence-electron chi connectivity index (χ4n) is 3.14. The standard InChI is InChI=1S/C23H14F8N2O5/c1-36-16-9-15(37-11-3-5-12(6-4-11)38-23(29,30)31)17(19(25)18(16)22(26,27)28)21(35)33-10-2-7-14(24)13(8-10)20(32)34/h2-9H,1H3,(H2,32,34)(H,33,35). The molecule has 0 atom stereocenters. The Bertz CT molecular complexity index is 1370. The quantitative estimate of drug-likeness (QED) is 0.350. The minimum absolute atomic E-state index is 0.326. The Kier molecular flexibility index (Phi) is 7.69. The van der Waals surface area contributed by atoms with E-state index in [1.54, 1.807) is 0 Å². The second-order valence-electron chi connectivity index (χ2n) is 7.27. The molecule has 0 aliphatic rings. The Morgan fingerprint density at radius 2 is 1.47 bits per heavy atom. The molecule has 0 saturated heterocycles. The molecule has 0 radical (unpaired) electrons. The lowest BCUT2D eigenvalue weighted by Gasteiger charge is -2.19. The van der Waals surface area contributed by atoms with Crippen molar-refractivity contribution in [2.75, 3.05) is 12.4 Å². The van der Waals surface area contributed by atoms with E-state index in [1.807, 2.05) is 5.32 Å². The lowest BCUT2D eigenvalue weighted by Crippen LogP contribution is -2.20. The predicted octanol–water partition coefficient (Wildman–Crippen LogP) is 6.03. The van der Waals surface area contributed by atoms with E-state index in [-0.39, 0.29) is 11.4 Å². The molecule has 3 N–H and O–H groups in total. The largest absolute Gasteiger partial charge is 0.573 e. The molecule has 0 spiro atoms. The second-order valence-corrected chi connectivity index (χ2v) is 7.27. The van der Waals surface area contributed by atoms with Gasteiger partial charge in [0, 0.05) is 11.8 Å². The van der Waals surface area contributed by atoms with Crippen LogP contribution in [0.25, 0.3) is 0 Å². The number of anilines is 1. The first-order valence-corrected chi connectivity index (χ1v) is 10.0.